The molecule has 0 bridgehead atoms. The fraction of sp³-hybridized carbons (Fsp3) is 0.611. The summed E-state index contributed by atoms with van der Waals surface area (Å²) in [5.41, 5.74) is 1.31. The summed E-state index contributed by atoms with van der Waals surface area (Å²) < 4.78 is 26.7. The summed E-state index contributed by atoms with van der Waals surface area (Å²) >= 11 is 0. The van der Waals surface area contributed by atoms with E-state index in [1.807, 2.05) is 0 Å². The van der Waals surface area contributed by atoms with Crippen LogP contribution in [-0.4, -0.2) is 45.9 Å². The largest absolute Gasteiger partial charge is 0.458 e. The van der Waals surface area contributed by atoms with Gasteiger partial charge < -0.3 is 14.8 Å². The molecule has 0 amide bonds. The molecule has 7 nitrogen and oxygen atoms in total. The predicted octanol–water partition coefficient (Wildman–Crippen LogP) is 2.44. The van der Waals surface area contributed by atoms with Crippen LogP contribution in [0.3, 0.4) is 0 Å². The summed E-state index contributed by atoms with van der Waals surface area (Å²) in [7, 11) is 0. The molecule has 2 aromatic heterocycles. The van der Waals surface area contributed by atoms with Gasteiger partial charge in [-0.3, -0.25) is 4.79 Å². The number of aromatic nitrogens is 3. The van der Waals surface area contributed by atoms with Crippen molar-refractivity contribution in [2.24, 2.45) is 0 Å². The van der Waals surface area contributed by atoms with Gasteiger partial charge >= 0.3 is 5.97 Å². The van der Waals surface area contributed by atoms with Crippen molar-refractivity contribution < 1.29 is 18.7 Å². The molecule has 0 radical (unpaired) electrons. The van der Waals surface area contributed by atoms with E-state index < -0.39 is 6.10 Å². The Bertz CT molecular complexity index is 833. The summed E-state index contributed by atoms with van der Waals surface area (Å²) in [6.45, 7) is 4.40. The first-order valence-electron chi connectivity index (χ1n) is 9.09. The Morgan fingerprint density at radius 2 is 2.35 bits per heavy atom. The summed E-state index contributed by atoms with van der Waals surface area (Å²) in [5, 5.41) is 7.76. The van der Waals surface area contributed by atoms with Crippen LogP contribution < -0.4 is 5.32 Å². The van der Waals surface area contributed by atoms with Gasteiger partial charge in [-0.05, 0) is 31.7 Å². The molecule has 0 aromatic carbocycles. The van der Waals surface area contributed by atoms with Crippen molar-refractivity contribution >= 4 is 17.4 Å². The molecule has 140 valence electrons. The summed E-state index contributed by atoms with van der Waals surface area (Å²) in [6, 6.07) is 1.44. The first-order valence-corrected chi connectivity index (χ1v) is 9.09. The SMILES string of the molecule is CCC1(c2cc(F)c3cnc(N[C@@H]4CCOC[C@H]4OC(C)=O)nn23)CC1. The molecule has 4 rings (SSSR count). The average molecular weight is 362 g/mol. The van der Waals surface area contributed by atoms with E-state index in [0.717, 1.165) is 25.0 Å². The minimum absolute atomic E-state index is 0.0256. The van der Waals surface area contributed by atoms with Crippen molar-refractivity contribution in [3.8, 4) is 0 Å². The monoisotopic (exact) mass is 362 g/mol. The molecule has 2 aromatic rings. The molecule has 1 aliphatic carbocycles. The lowest BCUT2D eigenvalue weighted by Crippen LogP contribution is -2.44. The maximum Gasteiger partial charge on any atom is 0.303 e. The highest BCUT2D eigenvalue weighted by Gasteiger charge is 2.45. The second kappa shape index (κ2) is 6.50. The molecular formula is C18H23FN4O3. The molecule has 8 heteroatoms. The normalized spacial score (nSPS) is 24.4. The van der Waals surface area contributed by atoms with Crippen LogP contribution in [0.15, 0.2) is 12.3 Å². The summed E-state index contributed by atoms with van der Waals surface area (Å²) in [6.07, 6.45) is 4.84. The Morgan fingerprint density at radius 3 is 3.04 bits per heavy atom. The number of esters is 1. The smallest absolute Gasteiger partial charge is 0.303 e. The van der Waals surface area contributed by atoms with Crippen molar-refractivity contribution in [1.82, 2.24) is 14.6 Å². The lowest BCUT2D eigenvalue weighted by atomic mass is 10.00. The van der Waals surface area contributed by atoms with Gasteiger partial charge in [-0.1, -0.05) is 6.92 Å². The van der Waals surface area contributed by atoms with E-state index in [9.17, 15) is 9.18 Å². The number of nitrogens with zero attached hydrogens (tertiary/aromatic N) is 3. The second-order valence-corrected chi connectivity index (χ2v) is 7.15. The van der Waals surface area contributed by atoms with Crippen molar-refractivity contribution in [2.75, 3.05) is 18.5 Å². The number of ether oxygens (including phenoxy) is 2. The lowest BCUT2D eigenvalue weighted by molar-refractivity contribution is -0.153. The number of nitrogens with one attached hydrogen (secondary N) is 1. The van der Waals surface area contributed by atoms with Crippen LogP contribution in [0.2, 0.25) is 0 Å². The fourth-order valence-electron chi connectivity index (χ4n) is 3.71. The number of halogens is 1. The molecule has 1 saturated heterocycles. The molecule has 1 aliphatic heterocycles. The van der Waals surface area contributed by atoms with Crippen molar-refractivity contribution in [2.45, 2.75) is 57.1 Å². The van der Waals surface area contributed by atoms with Crippen molar-refractivity contribution in [3.05, 3.63) is 23.8 Å². The van der Waals surface area contributed by atoms with E-state index in [1.54, 1.807) is 10.6 Å². The third-order valence-electron chi connectivity index (χ3n) is 5.48. The van der Waals surface area contributed by atoms with Crippen LogP contribution in [0, 0.1) is 5.82 Å². The van der Waals surface area contributed by atoms with E-state index in [-0.39, 0.29) is 23.2 Å². The molecule has 2 fully saturated rings. The Balaban J connectivity index is 1.62. The van der Waals surface area contributed by atoms with E-state index in [1.165, 1.54) is 13.1 Å². The van der Waals surface area contributed by atoms with Gasteiger partial charge in [-0.25, -0.2) is 13.9 Å². The van der Waals surface area contributed by atoms with Gasteiger partial charge in [0.25, 0.3) is 0 Å². The van der Waals surface area contributed by atoms with E-state index in [4.69, 9.17) is 9.47 Å². The maximum absolute atomic E-state index is 14.3. The van der Waals surface area contributed by atoms with Gasteiger partial charge in [0.2, 0.25) is 5.95 Å². The second-order valence-electron chi connectivity index (χ2n) is 7.15. The van der Waals surface area contributed by atoms with Gasteiger partial charge in [0.15, 0.2) is 5.82 Å². The van der Waals surface area contributed by atoms with Crippen LogP contribution in [-0.2, 0) is 19.7 Å². The minimum Gasteiger partial charge on any atom is -0.458 e. The van der Waals surface area contributed by atoms with Gasteiger partial charge in [-0.2, -0.15) is 0 Å². The third-order valence-corrected chi connectivity index (χ3v) is 5.48. The Labute approximate surface area is 150 Å². The van der Waals surface area contributed by atoms with Gasteiger partial charge in [0.05, 0.1) is 24.5 Å². The zero-order chi connectivity index (χ0) is 18.3. The number of rotatable bonds is 5. The number of carbonyl (C=O) groups is 1. The summed E-state index contributed by atoms with van der Waals surface area (Å²) in [4.78, 5) is 15.6. The van der Waals surface area contributed by atoms with Crippen LogP contribution in [0.5, 0.6) is 0 Å². The Hall–Kier alpha value is -2.22. The van der Waals surface area contributed by atoms with Crippen LogP contribution in [0.4, 0.5) is 10.3 Å². The van der Waals surface area contributed by atoms with Crippen molar-refractivity contribution in [3.63, 3.8) is 0 Å². The fourth-order valence-corrected chi connectivity index (χ4v) is 3.71. The van der Waals surface area contributed by atoms with Gasteiger partial charge in [0, 0.05) is 18.9 Å². The van der Waals surface area contributed by atoms with E-state index in [0.29, 0.717) is 31.1 Å². The molecule has 2 atom stereocenters. The molecule has 3 heterocycles. The predicted molar refractivity (Wildman–Crippen MR) is 92.5 cm³/mol. The molecule has 1 N–H and O–H groups in total. The first kappa shape index (κ1) is 17.2. The molecule has 26 heavy (non-hydrogen) atoms. The standard InChI is InChI=1S/C18H23FN4O3/c1-3-18(5-6-18)16-8-12(19)14-9-20-17(22-23(14)16)21-13-4-7-25-10-15(13)26-11(2)24/h8-9,13,15H,3-7,10H2,1-2H3,(H,21,22)/t13-,15-/m1/s1. The van der Waals surface area contributed by atoms with E-state index >= 15 is 0 Å². The summed E-state index contributed by atoms with van der Waals surface area (Å²) in [5.74, 6) is -0.252. The Morgan fingerprint density at radius 1 is 1.54 bits per heavy atom. The third kappa shape index (κ3) is 3.02. The number of hydrogen-bond acceptors (Lipinski definition) is 6. The van der Waals surface area contributed by atoms with Crippen LogP contribution in [0.1, 0.15) is 45.2 Å². The maximum atomic E-state index is 14.3. The molecule has 0 unspecified atom stereocenters. The molecule has 2 aliphatic rings. The zero-order valence-corrected chi connectivity index (χ0v) is 15.0. The number of fused-ring (bicyclic) bond motifs is 1. The van der Waals surface area contributed by atoms with Crippen LogP contribution >= 0.6 is 0 Å². The van der Waals surface area contributed by atoms with Crippen molar-refractivity contribution in [1.29, 1.82) is 0 Å². The number of hydrogen-bond donors (Lipinski definition) is 1. The van der Waals surface area contributed by atoms with Gasteiger partial charge in [0.1, 0.15) is 11.6 Å². The highest BCUT2D eigenvalue weighted by atomic mass is 19.1. The highest BCUT2D eigenvalue weighted by molar-refractivity contribution is 5.66. The number of carbonyl (C=O) groups excluding carboxylic acids is 1. The topological polar surface area (TPSA) is 77.8 Å². The van der Waals surface area contributed by atoms with E-state index in [2.05, 4.69) is 22.3 Å². The molecule has 1 saturated carbocycles. The lowest BCUT2D eigenvalue weighted by Gasteiger charge is -2.31. The quantitative estimate of drug-likeness (QED) is 0.823. The average Bonchev–Trinajstić information content (AvgIpc) is 3.35. The number of anilines is 1. The minimum atomic E-state index is -0.396. The Kier molecular flexibility index (Phi) is 4.30. The zero-order valence-electron chi connectivity index (χ0n) is 15.0. The van der Waals surface area contributed by atoms with Gasteiger partial charge in [-0.15, -0.1) is 5.10 Å². The highest BCUT2D eigenvalue weighted by Crippen LogP contribution is 2.51. The molecular weight excluding hydrogens is 339 g/mol. The molecule has 0 spiro atoms. The van der Waals surface area contributed by atoms with Crippen LogP contribution in [0.25, 0.3) is 5.52 Å². The first-order chi connectivity index (χ1) is 12.5.